The number of ether oxygens (including phenoxy) is 2. The van der Waals surface area contributed by atoms with Crippen LogP contribution in [0.1, 0.15) is 43.1 Å². The second kappa shape index (κ2) is 12.7. The minimum absolute atomic E-state index is 0.167. The van der Waals surface area contributed by atoms with Crippen molar-refractivity contribution in [2.45, 2.75) is 51.7 Å². The smallest absolute Gasteiger partial charge is 0.181 e. The highest BCUT2D eigenvalue weighted by Crippen LogP contribution is 2.25. The van der Waals surface area contributed by atoms with Gasteiger partial charge in [-0.1, -0.05) is 36.4 Å². The van der Waals surface area contributed by atoms with Crippen molar-refractivity contribution in [3.05, 3.63) is 95.8 Å². The van der Waals surface area contributed by atoms with Gasteiger partial charge in [0, 0.05) is 29.8 Å². The van der Waals surface area contributed by atoms with E-state index in [9.17, 15) is 10.2 Å². The summed E-state index contributed by atoms with van der Waals surface area (Å²) in [5, 5.41) is 28.7. The third-order valence-corrected chi connectivity index (χ3v) is 6.50. The van der Waals surface area contributed by atoms with Crippen LogP contribution in [0.3, 0.4) is 0 Å². The number of β-amino-alcohol motifs (C(OH)–C–C–N with tert-alkyl or cyclic N) is 1. The Morgan fingerprint density at radius 1 is 1.03 bits per heavy atom. The van der Waals surface area contributed by atoms with Crippen LogP contribution in [0, 0.1) is 0 Å². The van der Waals surface area contributed by atoms with Crippen LogP contribution in [0.2, 0.25) is 0 Å². The third kappa shape index (κ3) is 7.41. The number of aliphatic hydroxyl groups excluding tert-OH is 2. The Hall–Kier alpha value is -3.72. The Balaban J connectivity index is 1.28. The molecule has 3 N–H and O–H groups in total. The van der Waals surface area contributed by atoms with Crippen molar-refractivity contribution in [1.82, 2.24) is 20.1 Å². The van der Waals surface area contributed by atoms with Crippen molar-refractivity contribution in [3.63, 3.8) is 0 Å². The van der Waals surface area contributed by atoms with Gasteiger partial charge in [-0.15, -0.1) is 0 Å². The maximum Gasteiger partial charge on any atom is 0.181 e. The molecule has 200 valence electrons. The lowest BCUT2D eigenvalue weighted by Gasteiger charge is -2.28. The fraction of sp³-hybridized carbons (Fsp3) is 0.333. The first kappa shape index (κ1) is 27.3. The van der Waals surface area contributed by atoms with E-state index in [4.69, 9.17) is 9.47 Å². The number of aryl methyl sites for hydroxylation is 1. The quantitative estimate of drug-likeness (QED) is 0.240. The summed E-state index contributed by atoms with van der Waals surface area (Å²) in [5.74, 6) is 2.08. The summed E-state index contributed by atoms with van der Waals surface area (Å²) in [6, 6.07) is 23.0. The molecule has 1 aromatic heterocycles. The lowest BCUT2D eigenvalue weighted by Crippen LogP contribution is -2.42. The standard InChI is InChI=1S/C30H36N4O4/c1-30(2,15-16-34-21-31-29(33-34)23-9-12-26(37-3)13-10-23)32-18-27(36)24-11-14-28(25(17-24)19-35)38-20-22-7-5-4-6-8-22/h4-14,17,21,27,32,35-36H,15-16,18-20H2,1-3H3. The second-order valence-corrected chi connectivity index (χ2v) is 9.89. The molecular formula is C30H36N4O4. The van der Waals surface area contributed by atoms with Gasteiger partial charge in [0.2, 0.25) is 0 Å². The molecule has 3 aromatic carbocycles. The van der Waals surface area contributed by atoms with Gasteiger partial charge in [0.05, 0.1) is 19.8 Å². The molecule has 4 aromatic rings. The van der Waals surface area contributed by atoms with Gasteiger partial charge in [-0.05, 0) is 67.8 Å². The van der Waals surface area contributed by atoms with E-state index >= 15 is 0 Å². The molecule has 0 spiro atoms. The predicted octanol–water partition coefficient (Wildman–Crippen LogP) is 4.52. The van der Waals surface area contributed by atoms with Crippen LogP contribution in [0.4, 0.5) is 0 Å². The molecule has 0 saturated carbocycles. The highest BCUT2D eigenvalue weighted by molar-refractivity contribution is 5.55. The predicted molar refractivity (Wildman–Crippen MR) is 147 cm³/mol. The van der Waals surface area contributed by atoms with Gasteiger partial charge in [0.25, 0.3) is 0 Å². The second-order valence-electron chi connectivity index (χ2n) is 9.89. The molecule has 0 saturated heterocycles. The van der Waals surface area contributed by atoms with Gasteiger partial charge in [-0.3, -0.25) is 4.68 Å². The van der Waals surface area contributed by atoms with E-state index in [1.54, 1.807) is 19.5 Å². The van der Waals surface area contributed by atoms with Crippen LogP contribution in [0.25, 0.3) is 11.4 Å². The molecule has 38 heavy (non-hydrogen) atoms. The molecule has 8 nitrogen and oxygen atoms in total. The van der Waals surface area contributed by atoms with Crippen molar-refractivity contribution in [1.29, 1.82) is 0 Å². The van der Waals surface area contributed by atoms with Gasteiger partial charge in [-0.2, -0.15) is 5.10 Å². The topological polar surface area (TPSA) is 102 Å². The zero-order valence-electron chi connectivity index (χ0n) is 22.2. The molecule has 1 heterocycles. The normalized spacial score (nSPS) is 12.3. The molecule has 0 fully saturated rings. The number of rotatable bonds is 13. The highest BCUT2D eigenvalue weighted by Gasteiger charge is 2.20. The molecule has 1 unspecified atom stereocenters. The van der Waals surface area contributed by atoms with Gasteiger partial charge in [0.15, 0.2) is 5.82 Å². The van der Waals surface area contributed by atoms with Gasteiger partial charge in [0.1, 0.15) is 24.4 Å². The number of benzene rings is 3. The van der Waals surface area contributed by atoms with Crippen LogP contribution >= 0.6 is 0 Å². The number of aromatic nitrogens is 3. The lowest BCUT2D eigenvalue weighted by molar-refractivity contribution is 0.157. The summed E-state index contributed by atoms with van der Waals surface area (Å²) in [6.07, 6.45) is 1.80. The van der Waals surface area contributed by atoms with E-state index in [1.807, 2.05) is 71.4 Å². The van der Waals surface area contributed by atoms with Crippen LogP contribution in [0.15, 0.2) is 79.1 Å². The number of nitrogens with zero attached hydrogens (tertiary/aromatic N) is 3. The molecule has 0 bridgehead atoms. The number of methoxy groups -OCH3 is 1. The largest absolute Gasteiger partial charge is 0.497 e. The molecule has 8 heteroatoms. The fourth-order valence-electron chi connectivity index (χ4n) is 4.05. The van der Waals surface area contributed by atoms with Crippen LogP contribution in [-0.2, 0) is 19.8 Å². The van der Waals surface area contributed by atoms with E-state index in [-0.39, 0.29) is 12.1 Å². The summed E-state index contributed by atoms with van der Waals surface area (Å²) >= 11 is 0. The molecule has 4 rings (SSSR count). The van der Waals surface area contributed by atoms with Crippen molar-refractivity contribution in [3.8, 4) is 22.9 Å². The van der Waals surface area contributed by atoms with Crippen molar-refractivity contribution in [2.24, 2.45) is 0 Å². The molecule has 0 radical (unpaired) electrons. The van der Waals surface area contributed by atoms with E-state index in [0.717, 1.165) is 28.9 Å². The van der Waals surface area contributed by atoms with Crippen LogP contribution in [-0.4, -0.2) is 44.2 Å². The Morgan fingerprint density at radius 2 is 1.79 bits per heavy atom. The van der Waals surface area contributed by atoms with E-state index in [0.29, 0.717) is 36.8 Å². The average Bonchev–Trinajstić information content (AvgIpc) is 3.43. The average molecular weight is 517 g/mol. The Labute approximate surface area is 223 Å². The maximum absolute atomic E-state index is 10.8. The molecule has 0 aliphatic carbocycles. The van der Waals surface area contributed by atoms with Crippen LogP contribution < -0.4 is 14.8 Å². The van der Waals surface area contributed by atoms with Crippen LogP contribution in [0.5, 0.6) is 11.5 Å². The van der Waals surface area contributed by atoms with Crippen molar-refractivity contribution >= 4 is 0 Å². The maximum atomic E-state index is 10.8. The van der Waals surface area contributed by atoms with Gasteiger partial charge >= 0.3 is 0 Å². The van der Waals surface area contributed by atoms with E-state index in [1.165, 1.54) is 0 Å². The lowest BCUT2D eigenvalue weighted by atomic mass is 9.99. The minimum atomic E-state index is -0.726. The first-order valence-electron chi connectivity index (χ1n) is 12.7. The molecule has 0 aliphatic rings. The van der Waals surface area contributed by atoms with E-state index in [2.05, 4.69) is 29.2 Å². The van der Waals surface area contributed by atoms with Gasteiger partial charge < -0.3 is 25.0 Å². The summed E-state index contributed by atoms with van der Waals surface area (Å²) in [5.41, 5.74) is 3.12. The molecular weight excluding hydrogens is 480 g/mol. The molecule has 1 atom stereocenters. The number of nitrogens with one attached hydrogen (secondary N) is 1. The van der Waals surface area contributed by atoms with Gasteiger partial charge in [-0.25, -0.2) is 4.98 Å². The minimum Gasteiger partial charge on any atom is -0.497 e. The summed E-state index contributed by atoms with van der Waals surface area (Å²) in [7, 11) is 1.64. The Kier molecular flexibility index (Phi) is 9.12. The summed E-state index contributed by atoms with van der Waals surface area (Å²) in [6.45, 7) is 5.50. The molecule has 0 amide bonds. The zero-order valence-corrected chi connectivity index (χ0v) is 22.2. The number of aliphatic hydroxyl groups is 2. The third-order valence-electron chi connectivity index (χ3n) is 6.50. The first-order valence-corrected chi connectivity index (χ1v) is 12.7. The first-order chi connectivity index (χ1) is 18.4. The van der Waals surface area contributed by atoms with E-state index < -0.39 is 6.10 Å². The number of hydrogen-bond acceptors (Lipinski definition) is 7. The molecule has 0 aliphatic heterocycles. The monoisotopic (exact) mass is 516 g/mol. The number of hydrogen-bond donors (Lipinski definition) is 3. The van der Waals surface area contributed by atoms with Crippen molar-refractivity contribution in [2.75, 3.05) is 13.7 Å². The summed E-state index contributed by atoms with van der Waals surface area (Å²) < 4.78 is 12.9. The SMILES string of the molecule is COc1ccc(-c2ncn(CCC(C)(C)NCC(O)c3ccc(OCc4ccccc4)c(CO)c3)n2)cc1. The Morgan fingerprint density at radius 3 is 2.50 bits per heavy atom. The van der Waals surface area contributed by atoms with Crippen molar-refractivity contribution < 1.29 is 19.7 Å². The highest BCUT2D eigenvalue weighted by atomic mass is 16.5. The zero-order chi connectivity index (χ0) is 27.0. The fourth-order valence-corrected chi connectivity index (χ4v) is 4.05. The summed E-state index contributed by atoms with van der Waals surface area (Å²) in [4.78, 5) is 4.43. The Bertz CT molecular complexity index is 1290.